The topological polar surface area (TPSA) is 29.9 Å². The highest BCUT2D eigenvalue weighted by atomic mass is 15.3. The number of aromatic nitrogens is 2. The monoisotopic (exact) mass is 257 g/mol. The van der Waals surface area contributed by atoms with Crippen LogP contribution >= 0.6 is 0 Å². The van der Waals surface area contributed by atoms with E-state index in [1.165, 1.54) is 17.7 Å². The van der Waals surface area contributed by atoms with E-state index in [0.29, 0.717) is 12.1 Å². The molecule has 1 aromatic heterocycles. The normalized spacial score (nSPS) is 14.3. The van der Waals surface area contributed by atoms with E-state index in [1.807, 2.05) is 17.9 Å². The third-order valence-corrected chi connectivity index (χ3v) is 3.53. The number of nitrogens with one attached hydrogen (secondary N) is 1. The third-order valence-electron chi connectivity index (χ3n) is 3.53. The van der Waals surface area contributed by atoms with Crippen LogP contribution in [0.25, 0.3) is 0 Å². The SMILES string of the molecule is CCCC(NC(C)c1ccnn1C)c1ccccc1. The van der Waals surface area contributed by atoms with E-state index in [4.69, 9.17) is 0 Å². The van der Waals surface area contributed by atoms with Gasteiger partial charge < -0.3 is 5.32 Å². The van der Waals surface area contributed by atoms with Gasteiger partial charge in [0.05, 0.1) is 5.69 Å². The van der Waals surface area contributed by atoms with Crippen molar-refractivity contribution in [2.75, 3.05) is 0 Å². The van der Waals surface area contributed by atoms with Crippen LogP contribution in [0.15, 0.2) is 42.6 Å². The Morgan fingerprint density at radius 3 is 2.53 bits per heavy atom. The molecule has 0 fully saturated rings. The fourth-order valence-corrected chi connectivity index (χ4v) is 2.52. The van der Waals surface area contributed by atoms with Crippen LogP contribution in [0.1, 0.15) is 50.0 Å². The zero-order valence-corrected chi connectivity index (χ0v) is 12.0. The third kappa shape index (κ3) is 3.44. The molecule has 0 aliphatic rings. The standard InChI is InChI=1S/C16H23N3/c1-4-8-15(14-9-6-5-7-10-14)18-13(2)16-11-12-17-19(16)3/h5-7,9-13,15,18H,4,8H2,1-3H3. The summed E-state index contributed by atoms with van der Waals surface area (Å²) in [6.07, 6.45) is 4.17. The summed E-state index contributed by atoms with van der Waals surface area (Å²) in [5.41, 5.74) is 2.58. The Hall–Kier alpha value is -1.61. The van der Waals surface area contributed by atoms with Crippen LogP contribution in [0.4, 0.5) is 0 Å². The fraction of sp³-hybridized carbons (Fsp3) is 0.438. The Balaban J connectivity index is 2.11. The van der Waals surface area contributed by atoms with Gasteiger partial charge in [0.15, 0.2) is 0 Å². The Morgan fingerprint density at radius 1 is 1.21 bits per heavy atom. The van der Waals surface area contributed by atoms with Gasteiger partial charge in [-0.15, -0.1) is 0 Å². The van der Waals surface area contributed by atoms with E-state index in [1.54, 1.807) is 0 Å². The summed E-state index contributed by atoms with van der Waals surface area (Å²) in [6, 6.07) is 13.4. The second-order valence-electron chi connectivity index (χ2n) is 5.02. The Bertz CT molecular complexity index is 490. The molecule has 102 valence electrons. The molecule has 2 aromatic rings. The van der Waals surface area contributed by atoms with Crippen molar-refractivity contribution in [3.05, 3.63) is 53.9 Å². The minimum atomic E-state index is 0.296. The molecule has 0 amide bonds. The average molecular weight is 257 g/mol. The van der Waals surface area contributed by atoms with Crippen molar-refractivity contribution in [1.29, 1.82) is 0 Å². The van der Waals surface area contributed by atoms with Crippen molar-refractivity contribution in [3.8, 4) is 0 Å². The first-order valence-electron chi connectivity index (χ1n) is 7.01. The lowest BCUT2D eigenvalue weighted by Crippen LogP contribution is -2.26. The lowest BCUT2D eigenvalue weighted by molar-refractivity contribution is 0.424. The van der Waals surface area contributed by atoms with Crippen LogP contribution in [0.5, 0.6) is 0 Å². The number of hydrogen-bond donors (Lipinski definition) is 1. The Morgan fingerprint density at radius 2 is 1.95 bits per heavy atom. The van der Waals surface area contributed by atoms with E-state index in [0.717, 1.165) is 6.42 Å². The second kappa shape index (κ2) is 6.53. The van der Waals surface area contributed by atoms with Crippen molar-refractivity contribution in [3.63, 3.8) is 0 Å². The van der Waals surface area contributed by atoms with Crippen LogP contribution in [0.2, 0.25) is 0 Å². The second-order valence-corrected chi connectivity index (χ2v) is 5.02. The molecular formula is C16H23N3. The van der Waals surface area contributed by atoms with Gasteiger partial charge in [-0.1, -0.05) is 43.7 Å². The lowest BCUT2D eigenvalue weighted by atomic mass is 10.0. The van der Waals surface area contributed by atoms with Gasteiger partial charge in [0.2, 0.25) is 0 Å². The minimum Gasteiger partial charge on any atom is -0.302 e. The number of benzene rings is 1. The predicted octanol–water partition coefficient (Wildman–Crippen LogP) is 3.61. The van der Waals surface area contributed by atoms with E-state index in [-0.39, 0.29) is 0 Å². The van der Waals surface area contributed by atoms with Gasteiger partial charge in [-0.05, 0) is 25.0 Å². The first kappa shape index (κ1) is 13.8. The Labute approximate surface area is 115 Å². The molecule has 2 atom stereocenters. The number of hydrogen-bond acceptors (Lipinski definition) is 2. The summed E-state index contributed by atoms with van der Waals surface area (Å²) in [5, 5.41) is 7.96. The summed E-state index contributed by atoms with van der Waals surface area (Å²) in [5.74, 6) is 0. The largest absolute Gasteiger partial charge is 0.302 e. The molecule has 19 heavy (non-hydrogen) atoms. The van der Waals surface area contributed by atoms with Crippen molar-refractivity contribution < 1.29 is 0 Å². The average Bonchev–Trinajstić information content (AvgIpc) is 2.85. The van der Waals surface area contributed by atoms with Gasteiger partial charge in [-0.2, -0.15) is 5.10 Å². The molecule has 0 bridgehead atoms. The van der Waals surface area contributed by atoms with E-state index < -0.39 is 0 Å². The zero-order chi connectivity index (χ0) is 13.7. The Kier molecular flexibility index (Phi) is 4.74. The predicted molar refractivity (Wildman–Crippen MR) is 78.8 cm³/mol. The van der Waals surface area contributed by atoms with Gasteiger partial charge >= 0.3 is 0 Å². The highest BCUT2D eigenvalue weighted by Gasteiger charge is 2.16. The summed E-state index contributed by atoms with van der Waals surface area (Å²) >= 11 is 0. The molecule has 0 saturated carbocycles. The van der Waals surface area contributed by atoms with E-state index in [2.05, 4.69) is 60.7 Å². The molecule has 1 N–H and O–H groups in total. The quantitative estimate of drug-likeness (QED) is 0.856. The van der Waals surface area contributed by atoms with Crippen LogP contribution in [0, 0.1) is 0 Å². The molecule has 0 saturated heterocycles. The first-order valence-corrected chi connectivity index (χ1v) is 7.01. The first-order chi connectivity index (χ1) is 9.22. The molecule has 1 aromatic carbocycles. The number of rotatable bonds is 6. The summed E-state index contributed by atoms with van der Waals surface area (Å²) < 4.78 is 1.94. The van der Waals surface area contributed by atoms with E-state index in [9.17, 15) is 0 Å². The molecule has 0 spiro atoms. The van der Waals surface area contributed by atoms with Gasteiger partial charge in [0.25, 0.3) is 0 Å². The highest BCUT2D eigenvalue weighted by Crippen LogP contribution is 2.22. The van der Waals surface area contributed by atoms with Gasteiger partial charge in [0, 0.05) is 25.3 Å². The van der Waals surface area contributed by atoms with Gasteiger partial charge in [0.1, 0.15) is 0 Å². The van der Waals surface area contributed by atoms with Crippen LogP contribution in [-0.4, -0.2) is 9.78 Å². The molecule has 0 aliphatic carbocycles. The van der Waals surface area contributed by atoms with Crippen molar-refractivity contribution in [2.24, 2.45) is 7.05 Å². The van der Waals surface area contributed by atoms with Crippen LogP contribution in [-0.2, 0) is 7.05 Å². The number of aryl methyl sites for hydroxylation is 1. The van der Waals surface area contributed by atoms with Crippen molar-refractivity contribution >= 4 is 0 Å². The van der Waals surface area contributed by atoms with Gasteiger partial charge in [-0.25, -0.2) is 0 Å². The van der Waals surface area contributed by atoms with Crippen LogP contribution < -0.4 is 5.32 Å². The van der Waals surface area contributed by atoms with E-state index >= 15 is 0 Å². The molecule has 0 radical (unpaired) electrons. The molecule has 3 heteroatoms. The maximum absolute atomic E-state index is 4.24. The summed E-state index contributed by atoms with van der Waals surface area (Å²) in [4.78, 5) is 0. The molecule has 1 heterocycles. The number of nitrogens with zero attached hydrogens (tertiary/aromatic N) is 2. The van der Waals surface area contributed by atoms with Crippen molar-refractivity contribution in [2.45, 2.75) is 38.8 Å². The molecule has 3 nitrogen and oxygen atoms in total. The maximum atomic E-state index is 4.24. The fourth-order valence-electron chi connectivity index (χ4n) is 2.52. The molecule has 2 rings (SSSR count). The molecule has 0 aliphatic heterocycles. The lowest BCUT2D eigenvalue weighted by Gasteiger charge is -2.23. The van der Waals surface area contributed by atoms with Gasteiger partial charge in [-0.3, -0.25) is 4.68 Å². The zero-order valence-electron chi connectivity index (χ0n) is 12.0. The van der Waals surface area contributed by atoms with Crippen molar-refractivity contribution in [1.82, 2.24) is 15.1 Å². The van der Waals surface area contributed by atoms with Crippen LogP contribution in [0.3, 0.4) is 0 Å². The minimum absolute atomic E-state index is 0.296. The molecule has 2 unspecified atom stereocenters. The smallest absolute Gasteiger partial charge is 0.0547 e. The highest BCUT2D eigenvalue weighted by molar-refractivity contribution is 5.19. The summed E-state index contributed by atoms with van der Waals surface area (Å²) in [7, 11) is 1.99. The maximum Gasteiger partial charge on any atom is 0.0547 e. The summed E-state index contributed by atoms with van der Waals surface area (Å²) in [6.45, 7) is 4.43. The molecular weight excluding hydrogens is 234 g/mol.